The Morgan fingerprint density at radius 1 is 0.810 bits per heavy atom. The van der Waals surface area contributed by atoms with Crippen LogP contribution < -0.4 is 0 Å². The first-order valence-electron chi connectivity index (χ1n) is 7.85. The largest absolute Gasteiger partial charge is 0.299 e. The van der Waals surface area contributed by atoms with Gasteiger partial charge >= 0.3 is 0 Å². The maximum atomic E-state index is 12.6. The summed E-state index contributed by atoms with van der Waals surface area (Å²) < 4.78 is 0. The molecule has 2 aromatic rings. The minimum Gasteiger partial charge on any atom is -0.299 e. The summed E-state index contributed by atoms with van der Waals surface area (Å²) in [6, 6.07) is 19.0. The highest BCUT2D eigenvalue weighted by molar-refractivity contribution is 5.85. The van der Waals surface area contributed by atoms with Gasteiger partial charge in [-0.15, -0.1) is 0 Å². The van der Waals surface area contributed by atoms with E-state index in [1.807, 2.05) is 6.07 Å². The third-order valence-electron chi connectivity index (χ3n) is 4.60. The predicted molar refractivity (Wildman–Crippen MR) is 86.3 cm³/mol. The van der Waals surface area contributed by atoms with Crippen LogP contribution in [0.15, 0.2) is 54.6 Å². The molecule has 1 fully saturated rings. The maximum Gasteiger partial charge on any atom is 0.139 e. The van der Waals surface area contributed by atoms with Crippen molar-refractivity contribution < 1.29 is 4.79 Å². The van der Waals surface area contributed by atoms with Crippen molar-refractivity contribution in [2.24, 2.45) is 11.8 Å². The van der Waals surface area contributed by atoms with Crippen LogP contribution in [0.1, 0.15) is 29.5 Å². The van der Waals surface area contributed by atoms with Crippen molar-refractivity contribution in [2.45, 2.75) is 32.6 Å². The van der Waals surface area contributed by atoms with Gasteiger partial charge < -0.3 is 0 Å². The molecule has 1 heteroatoms. The van der Waals surface area contributed by atoms with E-state index in [0.29, 0.717) is 5.78 Å². The van der Waals surface area contributed by atoms with Gasteiger partial charge in [-0.3, -0.25) is 4.79 Å². The first-order valence-corrected chi connectivity index (χ1v) is 7.85. The lowest BCUT2D eigenvalue weighted by Crippen LogP contribution is -2.17. The fraction of sp³-hybridized carbons (Fsp3) is 0.350. The number of carbonyl (C=O) groups excluding carboxylic acids is 1. The zero-order valence-corrected chi connectivity index (χ0v) is 12.6. The maximum absolute atomic E-state index is 12.6. The standard InChI is InChI=1S/C20H22O/c1-15-7-9-17(10-8-15)14-19-12-11-18(20(19)21)13-16-5-3-2-4-6-16/h2-10,18-19H,11-14H2,1H3/t18-,19-/m0/s1. The Labute approximate surface area is 127 Å². The number of hydrogen-bond acceptors (Lipinski definition) is 1. The Morgan fingerprint density at radius 2 is 1.33 bits per heavy atom. The molecule has 1 saturated carbocycles. The van der Waals surface area contributed by atoms with Gasteiger partial charge in [-0.25, -0.2) is 0 Å². The molecule has 0 aliphatic heterocycles. The number of Topliss-reactive ketones (excluding diaryl/α,β-unsaturated/α-hetero) is 1. The van der Waals surface area contributed by atoms with Crippen molar-refractivity contribution >= 4 is 5.78 Å². The lowest BCUT2D eigenvalue weighted by Gasteiger charge is -2.11. The molecule has 0 bridgehead atoms. The number of carbonyl (C=O) groups is 1. The Bertz CT molecular complexity index is 597. The van der Waals surface area contributed by atoms with E-state index in [1.54, 1.807) is 0 Å². The number of benzene rings is 2. The van der Waals surface area contributed by atoms with Crippen LogP contribution >= 0.6 is 0 Å². The molecule has 1 nitrogen and oxygen atoms in total. The van der Waals surface area contributed by atoms with E-state index in [0.717, 1.165) is 25.7 Å². The van der Waals surface area contributed by atoms with Crippen molar-refractivity contribution in [3.05, 3.63) is 71.3 Å². The molecule has 0 saturated heterocycles. The molecule has 0 unspecified atom stereocenters. The van der Waals surface area contributed by atoms with Gasteiger partial charge in [0, 0.05) is 11.8 Å². The zero-order valence-electron chi connectivity index (χ0n) is 12.6. The highest BCUT2D eigenvalue weighted by atomic mass is 16.1. The van der Waals surface area contributed by atoms with Crippen LogP contribution in [-0.2, 0) is 17.6 Å². The van der Waals surface area contributed by atoms with Crippen LogP contribution in [0, 0.1) is 18.8 Å². The van der Waals surface area contributed by atoms with Crippen molar-refractivity contribution in [1.29, 1.82) is 0 Å². The van der Waals surface area contributed by atoms with Gasteiger partial charge in [-0.1, -0.05) is 60.2 Å². The van der Waals surface area contributed by atoms with Gasteiger partial charge in [0.15, 0.2) is 0 Å². The molecular weight excluding hydrogens is 256 g/mol. The van der Waals surface area contributed by atoms with E-state index < -0.39 is 0 Å². The SMILES string of the molecule is Cc1ccc(C[C@@H]2CC[C@@H](Cc3ccccc3)C2=O)cc1. The van der Waals surface area contributed by atoms with Crippen molar-refractivity contribution in [3.8, 4) is 0 Å². The van der Waals surface area contributed by atoms with Gasteiger partial charge in [-0.05, 0) is 43.7 Å². The van der Waals surface area contributed by atoms with E-state index in [9.17, 15) is 4.79 Å². The molecule has 21 heavy (non-hydrogen) atoms. The Morgan fingerprint density at radius 3 is 1.90 bits per heavy atom. The first-order chi connectivity index (χ1) is 10.2. The summed E-state index contributed by atoms with van der Waals surface area (Å²) in [7, 11) is 0. The fourth-order valence-electron chi connectivity index (χ4n) is 3.33. The van der Waals surface area contributed by atoms with Crippen molar-refractivity contribution in [2.75, 3.05) is 0 Å². The third kappa shape index (κ3) is 3.41. The smallest absolute Gasteiger partial charge is 0.139 e. The second-order valence-corrected chi connectivity index (χ2v) is 6.25. The molecule has 1 aliphatic carbocycles. The van der Waals surface area contributed by atoms with E-state index in [1.165, 1.54) is 16.7 Å². The van der Waals surface area contributed by atoms with E-state index >= 15 is 0 Å². The topological polar surface area (TPSA) is 17.1 Å². The summed E-state index contributed by atoms with van der Waals surface area (Å²) in [6.07, 6.45) is 3.91. The fourth-order valence-corrected chi connectivity index (χ4v) is 3.33. The Hall–Kier alpha value is -1.89. The molecule has 3 rings (SSSR count). The van der Waals surface area contributed by atoms with E-state index in [-0.39, 0.29) is 11.8 Å². The molecule has 0 spiro atoms. The van der Waals surface area contributed by atoms with Crippen LogP contribution in [0.2, 0.25) is 0 Å². The molecule has 0 radical (unpaired) electrons. The number of rotatable bonds is 4. The minimum atomic E-state index is 0.224. The van der Waals surface area contributed by atoms with Gasteiger partial charge in [0.2, 0.25) is 0 Å². The minimum absolute atomic E-state index is 0.224. The molecule has 0 heterocycles. The van der Waals surface area contributed by atoms with Gasteiger partial charge in [0.1, 0.15) is 5.78 Å². The Kier molecular flexibility index (Phi) is 4.19. The average molecular weight is 278 g/mol. The predicted octanol–water partition coefficient (Wildman–Crippen LogP) is 4.38. The number of hydrogen-bond donors (Lipinski definition) is 0. The second kappa shape index (κ2) is 6.26. The molecule has 0 amide bonds. The average Bonchev–Trinajstić information content (AvgIpc) is 2.84. The van der Waals surface area contributed by atoms with Crippen LogP contribution in [0.25, 0.3) is 0 Å². The normalized spacial score (nSPS) is 21.7. The monoisotopic (exact) mass is 278 g/mol. The van der Waals surface area contributed by atoms with E-state index in [4.69, 9.17) is 0 Å². The Balaban J connectivity index is 1.62. The zero-order chi connectivity index (χ0) is 14.7. The molecule has 108 valence electrons. The first kappa shape index (κ1) is 14.1. The highest BCUT2D eigenvalue weighted by Gasteiger charge is 2.33. The molecule has 0 N–H and O–H groups in total. The summed E-state index contributed by atoms with van der Waals surface area (Å²) >= 11 is 0. The lowest BCUT2D eigenvalue weighted by molar-refractivity contribution is -0.123. The van der Waals surface area contributed by atoms with Crippen LogP contribution in [0.5, 0.6) is 0 Å². The summed E-state index contributed by atoms with van der Waals surface area (Å²) in [5.41, 5.74) is 3.85. The second-order valence-electron chi connectivity index (χ2n) is 6.25. The van der Waals surface area contributed by atoms with Crippen LogP contribution in [-0.4, -0.2) is 5.78 Å². The summed E-state index contributed by atoms with van der Waals surface area (Å²) in [6.45, 7) is 2.10. The molecular formula is C20H22O. The van der Waals surface area contributed by atoms with Crippen LogP contribution in [0.3, 0.4) is 0 Å². The molecule has 0 aromatic heterocycles. The molecule has 1 aliphatic rings. The van der Waals surface area contributed by atoms with E-state index in [2.05, 4.69) is 55.5 Å². The summed E-state index contributed by atoms with van der Waals surface area (Å²) in [5, 5.41) is 0. The summed E-state index contributed by atoms with van der Waals surface area (Å²) in [4.78, 5) is 12.6. The van der Waals surface area contributed by atoms with Crippen LogP contribution in [0.4, 0.5) is 0 Å². The van der Waals surface area contributed by atoms with Gasteiger partial charge in [-0.2, -0.15) is 0 Å². The molecule has 2 aromatic carbocycles. The highest BCUT2D eigenvalue weighted by Crippen LogP contribution is 2.32. The van der Waals surface area contributed by atoms with Crippen molar-refractivity contribution in [3.63, 3.8) is 0 Å². The number of ketones is 1. The lowest BCUT2D eigenvalue weighted by atomic mass is 9.92. The number of aryl methyl sites for hydroxylation is 1. The van der Waals surface area contributed by atoms with Crippen molar-refractivity contribution in [1.82, 2.24) is 0 Å². The van der Waals surface area contributed by atoms with Gasteiger partial charge in [0.05, 0.1) is 0 Å². The quantitative estimate of drug-likeness (QED) is 0.811. The van der Waals surface area contributed by atoms with Gasteiger partial charge in [0.25, 0.3) is 0 Å². The summed E-state index contributed by atoms with van der Waals surface area (Å²) in [5.74, 6) is 0.920. The third-order valence-corrected chi connectivity index (χ3v) is 4.60. The molecule has 2 atom stereocenters.